The van der Waals surface area contributed by atoms with Gasteiger partial charge in [-0.3, -0.25) is 9.59 Å². The third-order valence-electron chi connectivity index (χ3n) is 9.16. The molecule has 2 aliphatic heterocycles. The van der Waals surface area contributed by atoms with Gasteiger partial charge < -0.3 is 35.2 Å². The Bertz CT molecular complexity index is 1570. The van der Waals surface area contributed by atoms with Crippen molar-refractivity contribution in [2.24, 2.45) is 0 Å². The summed E-state index contributed by atoms with van der Waals surface area (Å²) in [5.74, 6) is -0.309. The third-order valence-corrected chi connectivity index (χ3v) is 9.16. The molecule has 3 N–H and O–H groups in total. The smallest absolute Gasteiger partial charge is 0.416 e. The Morgan fingerprint density at radius 2 is 1.64 bits per heavy atom. The van der Waals surface area contributed by atoms with Crippen LogP contribution >= 0.6 is 0 Å². The van der Waals surface area contributed by atoms with Crippen molar-refractivity contribution in [3.8, 4) is 6.01 Å². The highest BCUT2D eigenvalue weighted by molar-refractivity contribution is 5.93. The van der Waals surface area contributed by atoms with E-state index in [1.807, 2.05) is 0 Å². The molecule has 12 nitrogen and oxygen atoms in total. The molecular formula is C35H50F3N7O5. The number of fused-ring (bicyclic) bond motifs is 1. The van der Waals surface area contributed by atoms with Crippen molar-refractivity contribution in [1.29, 1.82) is 0 Å². The number of halogens is 3. The fourth-order valence-electron chi connectivity index (χ4n) is 7.10. The first-order chi connectivity index (χ1) is 23.3. The molecule has 1 aromatic heterocycles. The molecule has 1 saturated carbocycles. The highest BCUT2D eigenvalue weighted by Gasteiger charge is 2.43. The molecule has 5 rings (SSSR count). The summed E-state index contributed by atoms with van der Waals surface area (Å²) in [5.41, 5.74) is -1.36. The van der Waals surface area contributed by atoms with Crippen LogP contribution in [0.5, 0.6) is 6.01 Å². The van der Waals surface area contributed by atoms with Gasteiger partial charge in [0.1, 0.15) is 23.6 Å². The summed E-state index contributed by atoms with van der Waals surface area (Å²) in [6.45, 7) is 14.4. The molecule has 3 heterocycles. The van der Waals surface area contributed by atoms with E-state index >= 15 is 0 Å². The molecular weight excluding hydrogens is 655 g/mol. The summed E-state index contributed by atoms with van der Waals surface area (Å²) in [6.07, 6.45) is -1.80. The van der Waals surface area contributed by atoms with Crippen LogP contribution in [0.25, 0.3) is 10.9 Å². The number of rotatable bonds is 7. The Kier molecular flexibility index (Phi) is 10.8. The summed E-state index contributed by atoms with van der Waals surface area (Å²) in [5, 5.41) is 9.92. The van der Waals surface area contributed by atoms with E-state index in [1.165, 1.54) is 13.0 Å². The Balaban J connectivity index is 1.34. The normalized spacial score (nSPS) is 24.0. The standard InChI is InChI=1S/C35H50F3N7O5/c1-20(46)39-27-19-22(43-33(2,3)4)9-11-28(27)45-17-14-26(30(45)47)40-29-24-18-21(35(36,37)38)8-10-25(24)41-31(42-29)49-23-12-15-44(16-13-23)32(48)50-34(5,6)7/h8,10,18,22-23,26-28,43H,9,11-17,19H2,1-7H3,(H,39,46)(H,40,41,42)/t22-,26?,27-,28+/m1/s1. The number of nitrogens with one attached hydrogen (secondary N) is 3. The van der Waals surface area contributed by atoms with Crippen molar-refractivity contribution in [2.75, 3.05) is 25.0 Å². The number of amides is 3. The highest BCUT2D eigenvalue weighted by atomic mass is 19.4. The maximum Gasteiger partial charge on any atom is 0.416 e. The molecule has 4 atom stereocenters. The first-order valence-electron chi connectivity index (χ1n) is 17.4. The van der Waals surface area contributed by atoms with Crippen LogP contribution in [0.15, 0.2) is 18.2 Å². The van der Waals surface area contributed by atoms with E-state index in [1.54, 1.807) is 30.6 Å². The summed E-state index contributed by atoms with van der Waals surface area (Å²) in [7, 11) is 0. The molecule has 3 fully saturated rings. The van der Waals surface area contributed by atoms with Crippen LogP contribution in [0.3, 0.4) is 0 Å². The van der Waals surface area contributed by atoms with Gasteiger partial charge in [0.15, 0.2) is 0 Å². The van der Waals surface area contributed by atoms with Crippen LogP contribution in [0, 0.1) is 0 Å². The lowest BCUT2D eigenvalue weighted by Crippen LogP contribution is -2.59. The Morgan fingerprint density at radius 1 is 0.940 bits per heavy atom. The molecule has 0 radical (unpaired) electrons. The molecule has 0 spiro atoms. The average molecular weight is 706 g/mol. The minimum atomic E-state index is -4.60. The average Bonchev–Trinajstić information content (AvgIpc) is 3.34. The monoisotopic (exact) mass is 705 g/mol. The number of alkyl halides is 3. The van der Waals surface area contributed by atoms with Crippen LogP contribution in [0.4, 0.5) is 23.8 Å². The van der Waals surface area contributed by atoms with Gasteiger partial charge >= 0.3 is 18.3 Å². The third kappa shape index (κ3) is 9.46. The van der Waals surface area contributed by atoms with Gasteiger partial charge in [-0.1, -0.05) is 0 Å². The maximum atomic E-state index is 13.9. The summed E-state index contributed by atoms with van der Waals surface area (Å²) >= 11 is 0. The lowest BCUT2D eigenvalue weighted by Gasteiger charge is -2.43. The van der Waals surface area contributed by atoms with Crippen molar-refractivity contribution >= 4 is 34.6 Å². The number of anilines is 1. The van der Waals surface area contributed by atoms with E-state index in [0.29, 0.717) is 51.7 Å². The van der Waals surface area contributed by atoms with Crippen molar-refractivity contribution in [3.05, 3.63) is 23.8 Å². The Hall–Kier alpha value is -3.88. The van der Waals surface area contributed by atoms with Gasteiger partial charge in [-0.05, 0) is 85.4 Å². The predicted octanol–water partition coefficient (Wildman–Crippen LogP) is 5.25. The number of nitrogens with zero attached hydrogens (tertiary/aromatic N) is 4. The second-order valence-electron chi connectivity index (χ2n) is 15.7. The lowest BCUT2D eigenvalue weighted by atomic mass is 9.84. The number of aromatic nitrogens is 2. The zero-order valence-electron chi connectivity index (χ0n) is 29.9. The number of ether oxygens (including phenoxy) is 2. The van der Waals surface area contributed by atoms with Gasteiger partial charge in [0.2, 0.25) is 11.8 Å². The number of carbonyl (C=O) groups is 3. The second kappa shape index (κ2) is 14.4. The Labute approximate surface area is 291 Å². The van der Waals surface area contributed by atoms with Crippen LogP contribution in [0.1, 0.15) is 92.6 Å². The summed E-state index contributed by atoms with van der Waals surface area (Å²) in [4.78, 5) is 50.9. The number of piperidine rings is 1. The molecule has 15 heteroatoms. The van der Waals surface area contributed by atoms with Crippen molar-refractivity contribution in [1.82, 2.24) is 30.4 Å². The molecule has 276 valence electrons. The highest BCUT2D eigenvalue weighted by Crippen LogP contribution is 2.35. The van der Waals surface area contributed by atoms with Gasteiger partial charge in [0, 0.05) is 56.4 Å². The van der Waals surface area contributed by atoms with Crippen molar-refractivity contribution in [3.63, 3.8) is 0 Å². The molecule has 1 aromatic carbocycles. The molecule has 1 unspecified atom stereocenters. The summed E-state index contributed by atoms with van der Waals surface area (Å²) in [6, 6.07) is 2.12. The number of carbonyl (C=O) groups excluding carboxylic acids is 3. The van der Waals surface area contributed by atoms with Crippen molar-refractivity contribution < 1.29 is 37.0 Å². The van der Waals surface area contributed by atoms with E-state index in [0.717, 1.165) is 18.6 Å². The minimum Gasteiger partial charge on any atom is -0.460 e. The molecule has 1 aliphatic carbocycles. The quantitative estimate of drug-likeness (QED) is 0.353. The van der Waals surface area contributed by atoms with E-state index < -0.39 is 29.5 Å². The molecule has 3 aliphatic rings. The van der Waals surface area contributed by atoms with Gasteiger partial charge in [0.25, 0.3) is 0 Å². The zero-order valence-corrected chi connectivity index (χ0v) is 29.9. The zero-order chi connectivity index (χ0) is 36.6. The van der Waals surface area contributed by atoms with E-state index in [2.05, 4.69) is 46.7 Å². The SMILES string of the molecule is CC(=O)N[C@@H]1C[C@H](NC(C)(C)C)CC[C@@H]1N1CCC(Nc2nc(OC3CCN(C(=O)OC(C)(C)C)CC3)nc3ccc(C(F)(F)F)cc23)C1=O. The predicted molar refractivity (Wildman–Crippen MR) is 182 cm³/mol. The lowest BCUT2D eigenvalue weighted by molar-refractivity contribution is -0.137. The Morgan fingerprint density at radius 3 is 2.26 bits per heavy atom. The number of hydrogen-bond acceptors (Lipinski definition) is 9. The molecule has 0 bridgehead atoms. The number of hydrogen-bond donors (Lipinski definition) is 3. The molecule has 3 amide bonds. The van der Waals surface area contributed by atoms with Crippen LogP contribution < -0.4 is 20.7 Å². The van der Waals surface area contributed by atoms with Crippen LogP contribution in [0.2, 0.25) is 0 Å². The topological polar surface area (TPSA) is 138 Å². The number of likely N-dealkylation sites (tertiary alicyclic amines) is 2. The molecule has 2 aromatic rings. The fraction of sp³-hybridized carbons (Fsp3) is 0.686. The fourth-order valence-corrected chi connectivity index (χ4v) is 7.10. The maximum absolute atomic E-state index is 13.9. The largest absolute Gasteiger partial charge is 0.460 e. The first kappa shape index (κ1) is 37.4. The van der Waals surface area contributed by atoms with E-state index in [4.69, 9.17) is 9.47 Å². The first-order valence-corrected chi connectivity index (χ1v) is 17.4. The van der Waals surface area contributed by atoms with Crippen molar-refractivity contribution in [2.45, 2.75) is 135 Å². The molecule has 50 heavy (non-hydrogen) atoms. The minimum absolute atomic E-state index is 0.0341. The van der Waals surface area contributed by atoms with E-state index in [-0.39, 0.29) is 64.3 Å². The van der Waals surface area contributed by atoms with Crippen LogP contribution in [-0.4, -0.2) is 98.7 Å². The van der Waals surface area contributed by atoms with Crippen LogP contribution in [-0.2, 0) is 20.5 Å². The number of benzene rings is 1. The van der Waals surface area contributed by atoms with Gasteiger partial charge in [-0.15, -0.1) is 0 Å². The summed E-state index contributed by atoms with van der Waals surface area (Å²) < 4.78 is 52.9. The molecule has 2 saturated heterocycles. The van der Waals surface area contributed by atoms with Gasteiger partial charge in [0.05, 0.1) is 23.2 Å². The van der Waals surface area contributed by atoms with Gasteiger partial charge in [-0.2, -0.15) is 23.1 Å². The second-order valence-corrected chi connectivity index (χ2v) is 15.7. The van der Waals surface area contributed by atoms with E-state index in [9.17, 15) is 27.6 Å². The van der Waals surface area contributed by atoms with Gasteiger partial charge in [-0.25, -0.2) is 4.79 Å².